The van der Waals surface area contributed by atoms with Crippen molar-refractivity contribution in [2.75, 3.05) is 0 Å². The van der Waals surface area contributed by atoms with Crippen molar-refractivity contribution in [3.63, 3.8) is 0 Å². The van der Waals surface area contributed by atoms with E-state index in [-0.39, 0.29) is 5.69 Å². The van der Waals surface area contributed by atoms with Gasteiger partial charge in [-0.25, -0.2) is 14.8 Å². The molecule has 0 amide bonds. The van der Waals surface area contributed by atoms with Crippen LogP contribution in [0.1, 0.15) is 39.5 Å². The molecular weight excluding hydrogens is 276 g/mol. The smallest absolute Gasteiger partial charge is 0.292 e. The van der Waals surface area contributed by atoms with Crippen LogP contribution in [-0.4, -0.2) is 19.1 Å². The predicted octanol–water partition coefficient (Wildman–Crippen LogP) is 3.35. The highest BCUT2D eigenvalue weighted by Gasteiger charge is 2.14. The maximum atomic E-state index is 12.8. The number of unbranched alkanes of at least 4 members (excludes halogenated alkanes) is 2. The average Bonchev–Trinajstić information content (AvgIpc) is 2.79. The Kier molecular flexibility index (Phi) is 4.22. The molecule has 5 heteroatoms. The molecule has 2 aromatic heterocycles. The molecule has 3 aromatic rings. The Balaban J connectivity index is 2.25. The third-order valence-corrected chi connectivity index (χ3v) is 4.11. The molecule has 116 valence electrons. The van der Waals surface area contributed by atoms with Crippen molar-refractivity contribution in [2.24, 2.45) is 0 Å². The molecule has 0 saturated carbocycles. The minimum Gasteiger partial charge on any atom is -0.292 e. The van der Waals surface area contributed by atoms with Crippen LogP contribution in [0.4, 0.5) is 0 Å². The molecule has 0 fully saturated rings. The second-order valence-corrected chi connectivity index (χ2v) is 5.72. The fourth-order valence-electron chi connectivity index (χ4n) is 2.86. The normalized spacial score (nSPS) is 11.5. The van der Waals surface area contributed by atoms with Gasteiger partial charge in [0.1, 0.15) is 6.33 Å². The van der Waals surface area contributed by atoms with Gasteiger partial charge in [-0.1, -0.05) is 26.7 Å². The van der Waals surface area contributed by atoms with Crippen molar-refractivity contribution >= 4 is 21.9 Å². The quantitative estimate of drug-likeness (QED) is 0.701. The number of aryl methyl sites for hydroxylation is 2. The number of rotatable bonds is 6. The van der Waals surface area contributed by atoms with Crippen molar-refractivity contribution in [1.82, 2.24) is 19.1 Å². The lowest BCUT2D eigenvalue weighted by molar-refractivity contribution is 0.574. The number of imidazole rings is 1. The standard InChI is InChI=1S/C17H22N4O/c1-3-5-7-20-15-9-13-11-18-12-19-14(13)10-16(15)21(17(20)22)8-6-4-2/h9-12H,3-8H2,1-2H3. The summed E-state index contributed by atoms with van der Waals surface area (Å²) in [4.78, 5) is 21.2. The van der Waals surface area contributed by atoms with E-state index in [9.17, 15) is 4.79 Å². The molecule has 0 unspecified atom stereocenters. The van der Waals surface area contributed by atoms with E-state index in [0.717, 1.165) is 60.7 Å². The Labute approximate surface area is 129 Å². The molecule has 0 aliphatic rings. The van der Waals surface area contributed by atoms with Crippen molar-refractivity contribution in [2.45, 2.75) is 52.6 Å². The van der Waals surface area contributed by atoms with Crippen molar-refractivity contribution in [3.8, 4) is 0 Å². The first-order valence-electron chi connectivity index (χ1n) is 8.09. The summed E-state index contributed by atoms with van der Waals surface area (Å²) in [5, 5.41) is 0.980. The topological polar surface area (TPSA) is 52.7 Å². The Morgan fingerprint density at radius 2 is 1.64 bits per heavy atom. The predicted molar refractivity (Wildman–Crippen MR) is 89.1 cm³/mol. The molecule has 0 atom stereocenters. The summed E-state index contributed by atoms with van der Waals surface area (Å²) < 4.78 is 3.80. The zero-order chi connectivity index (χ0) is 15.5. The maximum absolute atomic E-state index is 12.8. The average molecular weight is 298 g/mol. The molecule has 3 rings (SSSR count). The van der Waals surface area contributed by atoms with E-state index in [0.29, 0.717) is 0 Å². The minimum absolute atomic E-state index is 0.0974. The van der Waals surface area contributed by atoms with E-state index in [1.54, 1.807) is 12.5 Å². The molecule has 0 spiro atoms. The monoisotopic (exact) mass is 298 g/mol. The molecule has 0 aliphatic carbocycles. The fourth-order valence-corrected chi connectivity index (χ4v) is 2.86. The third-order valence-electron chi connectivity index (χ3n) is 4.11. The van der Waals surface area contributed by atoms with E-state index in [1.165, 1.54) is 0 Å². The SMILES string of the molecule is CCCCn1c(=O)n(CCCC)c2cc3ncncc3cc21. The number of benzene rings is 1. The van der Waals surface area contributed by atoms with Gasteiger partial charge in [0.15, 0.2) is 0 Å². The molecule has 0 aliphatic heterocycles. The largest absolute Gasteiger partial charge is 0.329 e. The Bertz CT molecular complexity index is 779. The lowest BCUT2D eigenvalue weighted by atomic mass is 10.2. The summed E-state index contributed by atoms with van der Waals surface area (Å²) in [5.74, 6) is 0. The summed E-state index contributed by atoms with van der Waals surface area (Å²) in [6, 6.07) is 4.07. The van der Waals surface area contributed by atoms with Crippen LogP contribution in [0.3, 0.4) is 0 Å². The van der Waals surface area contributed by atoms with Crippen molar-refractivity contribution in [1.29, 1.82) is 0 Å². The molecule has 0 bridgehead atoms. The summed E-state index contributed by atoms with van der Waals surface area (Å²) in [5.41, 5.74) is 2.97. The second-order valence-electron chi connectivity index (χ2n) is 5.72. The lowest BCUT2D eigenvalue weighted by Gasteiger charge is -2.03. The van der Waals surface area contributed by atoms with E-state index >= 15 is 0 Å². The first kappa shape index (κ1) is 14.8. The van der Waals surface area contributed by atoms with Crippen LogP contribution in [-0.2, 0) is 13.1 Å². The highest BCUT2D eigenvalue weighted by molar-refractivity contribution is 5.93. The van der Waals surface area contributed by atoms with Gasteiger partial charge in [0.25, 0.3) is 0 Å². The van der Waals surface area contributed by atoms with E-state index in [4.69, 9.17) is 0 Å². The Morgan fingerprint density at radius 1 is 1.00 bits per heavy atom. The zero-order valence-electron chi connectivity index (χ0n) is 13.2. The molecule has 5 nitrogen and oxygen atoms in total. The van der Waals surface area contributed by atoms with Gasteiger partial charge in [-0.3, -0.25) is 9.13 Å². The summed E-state index contributed by atoms with van der Waals surface area (Å²) >= 11 is 0. The van der Waals surface area contributed by atoms with Gasteiger partial charge in [0.05, 0.1) is 16.6 Å². The number of hydrogen-bond acceptors (Lipinski definition) is 3. The van der Waals surface area contributed by atoms with Gasteiger partial charge in [-0.2, -0.15) is 0 Å². The van der Waals surface area contributed by atoms with Gasteiger partial charge in [-0.05, 0) is 25.0 Å². The molecule has 0 N–H and O–H groups in total. The van der Waals surface area contributed by atoms with Gasteiger partial charge >= 0.3 is 5.69 Å². The molecule has 22 heavy (non-hydrogen) atoms. The first-order chi connectivity index (χ1) is 10.8. The zero-order valence-corrected chi connectivity index (χ0v) is 13.2. The summed E-state index contributed by atoms with van der Waals surface area (Å²) in [6.45, 7) is 5.82. The number of hydrogen-bond donors (Lipinski definition) is 0. The summed E-state index contributed by atoms with van der Waals surface area (Å²) in [7, 11) is 0. The van der Waals surface area contributed by atoms with E-state index in [1.807, 2.05) is 21.3 Å². The second kappa shape index (κ2) is 6.30. The van der Waals surface area contributed by atoms with Crippen molar-refractivity contribution in [3.05, 3.63) is 35.1 Å². The van der Waals surface area contributed by atoms with E-state index in [2.05, 4.69) is 23.8 Å². The Morgan fingerprint density at radius 3 is 2.27 bits per heavy atom. The van der Waals surface area contributed by atoms with Crippen LogP contribution in [0.15, 0.2) is 29.5 Å². The third kappa shape index (κ3) is 2.51. The van der Waals surface area contributed by atoms with Crippen LogP contribution in [0.5, 0.6) is 0 Å². The number of fused-ring (bicyclic) bond motifs is 2. The van der Waals surface area contributed by atoms with Crippen molar-refractivity contribution < 1.29 is 0 Å². The van der Waals surface area contributed by atoms with Crippen LogP contribution in [0.25, 0.3) is 21.9 Å². The van der Waals surface area contributed by atoms with Crippen LogP contribution < -0.4 is 5.69 Å². The number of aromatic nitrogens is 4. The summed E-state index contributed by atoms with van der Waals surface area (Å²) in [6.07, 6.45) is 7.52. The lowest BCUT2D eigenvalue weighted by Crippen LogP contribution is -2.24. The van der Waals surface area contributed by atoms with Gasteiger partial charge in [0.2, 0.25) is 0 Å². The van der Waals surface area contributed by atoms with Gasteiger partial charge in [0, 0.05) is 24.7 Å². The van der Waals surface area contributed by atoms with Crippen LogP contribution in [0.2, 0.25) is 0 Å². The maximum Gasteiger partial charge on any atom is 0.329 e. The Hall–Kier alpha value is -2.17. The van der Waals surface area contributed by atoms with Gasteiger partial charge in [-0.15, -0.1) is 0 Å². The van der Waals surface area contributed by atoms with Gasteiger partial charge < -0.3 is 0 Å². The minimum atomic E-state index is 0.0974. The molecule has 2 heterocycles. The highest BCUT2D eigenvalue weighted by atomic mass is 16.1. The molecular formula is C17H22N4O. The molecule has 0 saturated heterocycles. The number of nitrogens with zero attached hydrogens (tertiary/aromatic N) is 4. The fraction of sp³-hybridized carbons (Fsp3) is 0.471. The van der Waals surface area contributed by atoms with Crippen LogP contribution in [0, 0.1) is 0 Å². The van der Waals surface area contributed by atoms with Crippen LogP contribution >= 0.6 is 0 Å². The molecule has 0 radical (unpaired) electrons. The molecule has 1 aromatic carbocycles. The van der Waals surface area contributed by atoms with E-state index < -0.39 is 0 Å². The first-order valence-corrected chi connectivity index (χ1v) is 8.09. The highest BCUT2D eigenvalue weighted by Crippen LogP contribution is 2.21.